The molecule has 0 aromatic heterocycles. The fourth-order valence-corrected chi connectivity index (χ4v) is 2.07. The summed E-state index contributed by atoms with van der Waals surface area (Å²) in [5.74, 6) is 0.396. The van der Waals surface area contributed by atoms with Crippen LogP contribution in [0.25, 0.3) is 6.08 Å². The predicted molar refractivity (Wildman–Crippen MR) is 87.1 cm³/mol. The van der Waals surface area contributed by atoms with E-state index in [2.05, 4.69) is 5.32 Å². The van der Waals surface area contributed by atoms with Crippen molar-refractivity contribution in [1.29, 1.82) is 0 Å². The van der Waals surface area contributed by atoms with Crippen LogP contribution in [0.3, 0.4) is 0 Å². The number of para-hydroxylation sites is 1. The third-order valence-corrected chi connectivity index (χ3v) is 3.30. The monoisotopic (exact) mass is 321 g/mol. The molecule has 0 radical (unpaired) electrons. The van der Waals surface area contributed by atoms with Gasteiger partial charge in [0, 0.05) is 16.7 Å². The Morgan fingerprint density at radius 1 is 1.19 bits per heavy atom. The number of anilines is 1. The average Bonchev–Trinajstić information content (AvgIpc) is 2.49. The second kappa shape index (κ2) is 7.16. The number of benzene rings is 2. The zero-order valence-corrected chi connectivity index (χ0v) is 12.8. The van der Waals surface area contributed by atoms with Gasteiger partial charge in [-0.1, -0.05) is 41.4 Å². The zero-order valence-electron chi connectivity index (χ0n) is 11.3. The Bertz CT molecular complexity index is 684. The molecule has 0 heterocycles. The molecule has 0 fully saturated rings. The van der Waals surface area contributed by atoms with Gasteiger partial charge in [-0.25, -0.2) is 0 Å². The van der Waals surface area contributed by atoms with Gasteiger partial charge < -0.3 is 10.1 Å². The largest absolute Gasteiger partial charge is 0.496 e. The summed E-state index contributed by atoms with van der Waals surface area (Å²) in [6, 6.07) is 12.3. The van der Waals surface area contributed by atoms with Crippen molar-refractivity contribution in [2.75, 3.05) is 12.4 Å². The van der Waals surface area contributed by atoms with E-state index >= 15 is 0 Å². The van der Waals surface area contributed by atoms with Crippen molar-refractivity contribution in [3.05, 3.63) is 64.1 Å². The molecule has 2 aromatic carbocycles. The number of ether oxygens (including phenoxy) is 1. The van der Waals surface area contributed by atoms with Crippen LogP contribution in [0.1, 0.15) is 5.56 Å². The van der Waals surface area contributed by atoms with E-state index in [1.807, 2.05) is 24.3 Å². The van der Waals surface area contributed by atoms with Crippen molar-refractivity contribution in [2.24, 2.45) is 0 Å². The fourth-order valence-electron chi connectivity index (χ4n) is 1.74. The van der Waals surface area contributed by atoms with Crippen LogP contribution in [0.15, 0.2) is 48.5 Å². The highest BCUT2D eigenvalue weighted by Crippen LogP contribution is 2.25. The normalized spacial score (nSPS) is 10.6. The topological polar surface area (TPSA) is 38.3 Å². The summed E-state index contributed by atoms with van der Waals surface area (Å²) in [6.07, 6.45) is 3.09. The fraction of sp³-hybridized carbons (Fsp3) is 0.0625. The highest BCUT2D eigenvalue weighted by Gasteiger charge is 2.04. The predicted octanol–water partition coefficient (Wildman–Crippen LogP) is 4.65. The van der Waals surface area contributed by atoms with Crippen LogP contribution in [-0.4, -0.2) is 13.0 Å². The van der Waals surface area contributed by atoms with Crippen molar-refractivity contribution in [2.45, 2.75) is 0 Å². The summed E-state index contributed by atoms with van der Waals surface area (Å²) in [7, 11) is 1.58. The Morgan fingerprint density at radius 3 is 2.71 bits per heavy atom. The third kappa shape index (κ3) is 4.25. The van der Waals surface area contributed by atoms with Crippen LogP contribution >= 0.6 is 23.2 Å². The first-order valence-corrected chi connectivity index (χ1v) is 6.93. The lowest BCUT2D eigenvalue weighted by molar-refractivity contribution is -0.111. The van der Waals surface area contributed by atoms with Gasteiger partial charge in [0.15, 0.2) is 0 Å². The minimum absolute atomic E-state index is 0.301. The molecular formula is C16H13Cl2NO2. The van der Waals surface area contributed by atoms with Gasteiger partial charge in [0.2, 0.25) is 5.91 Å². The van der Waals surface area contributed by atoms with E-state index in [0.717, 1.165) is 5.56 Å². The Hall–Kier alpha value is -1.97. The summed E-state index contributed by atoms with van der Waals surface area (Å²) in [5, 5.41) is 3.61. The van der Waals surface area contributed by atoms with Gasteiger partial charge in [0.1, 0.15) is 5.75 Å². The third-order valence-electron chi connectivity index (χ3n) is 2.74. The Morgan fingerprint density at radius 2 is 1.95 bits per heavy atom. The molecule has 5 heteroatoms. The second-order valence-corrected chi connectivity index (χ2v) is 5.03. The molecular weight excluding hydrogens is 309 g/mol. The molecule has 0 atom stereocenters. The van der Waals surface area contributed by atoms with E-state index in [9.17, 15) is 4.79 Å². The van der Waals surface area contributed by atoms with E-state index in [0.29, 0.717) is 21.5 Å². The molecule has 0 spiro atoms. The molecule has 0 aliphatic rings. The zero-order chi connectivity index (χ0) is 15.2. The lowest BCUT2D eigenvalue weighted by Crippen LogP contribution is -2.08. The van der Waals surface area contributed by atoms with Gasteiger partial charge >= 0.3 is 0 Å². The maximum absolute atomic E-state index is 11.9. The molecule has 21 heavy (non-hydrogen) atoms. The van der Waals surface area contributed by atoms with Crippen LogP contribution in [-0.2, 0) is 4.79 Å². The smallest absolute Gasteiger partial charge is 0.248 e. The van der Waals surface area contributed by atoms with Crippen molar-refractivity contribution in [3.63, 3.8) is 0 Å². The molecule has 1 N–H and O–H groups in total. The van der Waals surface area contributed by atoms with Gasteiger partial charge in [0.05, 0.1) is 17.8 Å². The summed E-state index contributed by atoms with van der Waals surface area (Å²) < 4.78 is 5.21. The number of carbonyl (C=O) groups is 1. The highest BCUT2D eigenvalue weighted by atomic mass is 35.5. The van der Waals surface area contributed by atoms with Crippen LogP contribution in [0.2, 0.25) is 10.0 Å². The van der Waals surface area contributed by atoms with Crippen molar-refractivity contribution in [1.82, 2.24) is 0 Å². The molecule has 0 unspecified atom stereocenters. The van der Waals surface area contributed by atoms with Crippen molar-refractivity contribution >= 4 is 40.9 Å². The van der Waals surface area contributed by atoms with Crippen molar-refractivity contribution < 1.29 is 9.53 Å². The first kappa shape index (κ1) is 15.4. The number of hydrogen-bond acceptors (Lipinski definition) is 2. The van der Waals surface area contributed by atoms with Gasteiger partial charge in [-0.15, -0.1) is 0 Å². The molecule has 0 aliphatic heterocycles. The van der Waals surface area contributed by atoms with E-state index in [1.165, 1.54) is 6.08 Å². The minimum Gasteiger partial charge on any atom is -0.496 e. The van der Waals surface area contributed by atoms with Crippen LogP contribution in [0.5, 0.6) is 5.75 Å². The number of nitrogens with one attached hydrogen (secondary N) is 1. The Labute approximate surface area is 133 Å². The van der Waals surface area contributed by atoms with Gasteiger partial charge in [0.25, 0.3) is 0 Å². The average molecular weight is 322 g/mol. The highest BCUT2D eigenvalue weighted by molar-refractivity contribution is 6.35. The first-order chi connectivity index (χ1) is 10.1. The number of amides is 1. The number of hydrogen-bond donors (Lipinski definition) is 1. The van der Waals surface area contributed by atoms with Crippen LogP contribution < -0.4 is 10.1 Å². The van der Waals surface area contributed by atoms with E-state index in [1.54, 1.807) is 31.4 Å². The lowest BCUT2D eigenvalue weighted by Gasteiger charge is -2.06. The maximum Gasteiger partial charge on any atom is 0.248 e. The van der Waals surface area contributed by atoms with Crippen LogP contribution in [0, 0.1) is 0 Å². The summed E-state index contributed by atoms with van der Waals surface area (Å²) in [4.78, 5) is 11.9. The second-order valence-electron chi connectivity index (χ2n) is 4.19. The molecule has 0 aliphatic carbocycles. The minimum atomic E-state index is -0.301. The van der Waals surface area contributed by atoms with Gasteiger partial charge in [-0.2, -0.15) is 0 Å². The van der Waals surface area contributed by atoms with E-state index < -0.39 is 0 Å². The number of carbonyl (C=O) groups excluding carboxylic acids is 1. The number of halogens is 2. The van der Waals surface area contributed by atoms with Gasteiger partial charge in [-0.3, -0.25) is 4.79 Å². The number of methoxy groups -OCH3 is 1. The molecule has 0 saturated carbocycles. The lowest BCUT2D eigenvalue weighted by atomic mass is 10.2. The summed E-state index contributed by atoms with van der Waals surface area (Å²) in [5.41, 5.74) is 1.28. The Kier molecular flexibility index (Phi) is 5.26. The van der Waals surface area contributed by atoms with E-state index in [4.69, 9.17) is 27.9 Å². The van der Waals surface area contributed by atoms with Crippen LogP contribution in [0.4, 0.5) is 5.69 Å². The number of rotatable bonds is 4. The Balaban J connectivity index is 2.11. The quantitative estimate of drug-likeness (QED) is 0.832. The molecule has 0 saturated heterocycles. The summed E-state index contributed by atoms with van der Waals surface area (Å²) in [6.45, 7) is 0. The molecule has 1 amide bonds. The first-order valence-electron chi connectivity index (χ1n) is 6.17. The summed E-state index contributed by atoms with van der Waals surface area (Å²) >= 11 is 11.9. The molecule has 108 valence electrons. The molecule has 2 rings (SSSR count). The molecule has 3 nitrogen and oxygen atoms in total. The molecule has 2 aromatic rings. The standard InChI is InChI=1S/C16H13Cl2NO2/c1-21-15-5-3-2-4-11(15)6-9-16(20)19-14-10-12(17)7-8-13(14)18/h2-10H,1H3,(H,19,20)/b9-6+. The molecule has 0 bridgehead atoms. The van der Waals surface area contributed by atoms with E-state index in [-0.39, 0.29) is 5.91 Å². The van der Waals surface area contributed by atoms with Crippen molar-refractivity contribution in [3.8, 4) is 5.75 Å². The van der Waals surface area contributed by atoms with Gasteiger partial charge in [-0.05, 0) is 30.3 Å². The maximum atomic E-state index is 11.9. The SMILES string of the molecule is COc1ccccc1/C=C/C(=O)Nc1cc(Cl)ccc1Cl.